The highest BCUT2D eigenvalue weighted by Gasteiger charge is 2.43. The highest BCUT2D eigenvalue weighted by atomic mass is 16.5. The molecule has 8 N–H and O–H groups in total. The van der Waals surface area contributed by atoms with E-state index in [1.54, 1.807) is 21.1 Å². The standard InChI is InChI=1S/C61H106N12O13/c1-39(2)34-44(51(76)65-45(35-40(3)4)52(77)69-61(12,13)58(83)70-59(8,9)56(81)63-26-25-49(75)62-27-29-71(30-32-84-14)31-33-85-15)67-57(82)60(10,11)68-53(78)46(36-41(5)6)66-54(79)48(24-23-43-20-17-16-18-21-43)73(38-74)50-22-19-28-72(50)55(80)47-37-86-42(7)64-47/h37-41,43-46,48,50H,16-36H2,1-15H3,(H,62,75)(H,63,81)(H,65,76)(H,66,79)(H,67,82)(H,68,78)(H,69,77)(H,70,83)/t44-,45-,46-,48-,50+/m0/s1. The van der Waals surface area contributed by atoms with Crippen LogP contribution in [0.2, 0.25) is 0 Å². The first-order valence-electron chi connectivity index (χ1n) is 30.9. The van der Waals surface area contributed by atoms with Crippen LogP contribution in [0.15, 0.2) is 10.7 Å². The topological polar surface area (TPSA) is 321 Å². The number of rotatable bonds is 38. The number of nitrogens with one attached hydrogen (secondary N) is 8. The van der Waals surface area contributed by atoms with Gasteiger partial charge in [-0.05, 0) is 110 Å². The molecule has 2 fully saturated rings. The molecule has 488 valence electrons. The summed E-state index contributed by atoms with van der Waals surface area (Å²) in [6.07, 6.45) is 8.82. The highest BCUT2D eigenvalue weighted by Crippen LogP contribution is 2.31. The lowest BCUT2D eigenvalue weighted by molar-refractivity contribution is -0.141. The van der Waals surface area contributed by atoms with E-state index < -0.39 is 94.2 Å². The molecule has 0 bridgehead atoms. The second kappa shape index (κ2) is 35.6. The third kappa shape index (κ3) is 24.5. The number of likely N-dealkylation sites (tertiary alicyclic amines) is 1. The fraction of sp³-hybridized carbons (Fsp3) is 0.787. The number of carbonyl (C=O) groups is 10. The van der Waals surface area contributed by atoms with Gasteiger partial charge in [-0.1, -0.05) is 73.6 Å². The molecule has 2 aliphatic rings. The fourth-order valence-corrected chi connectivity index (χ4v) is 10.7. The molecule has 1 aliphatic heterocycles. The van der Waals surface area contributed by atoms with Gasteiger partial charge in [0.1, 0.15) is 53.2 Å². The molecule has 0 radical (unpaired) electrons. The molecule has 1 saturated heterocycles. The maximum atomic E-state index is 14.7. The van der Waals surface area contributed by atoms with E-state index in [2.05, 4.69) is 52.4 Å². The van der Waals surface area contributed by atoms with Crippen LogP contribution in [0.1, 0.15) is 183 Å². The molecule has 0 unspecified atom stereocenters. The van der Waals surface area contributed by atoms with Crippen molar-refractivity contribution in [2.75, 3.05) is 66.7 Å². The quantitative estimate of drug-likeness (QED) is 0.0441. The second-order valence-electron chi connectivity index (χ2n) is 26.1. The van der Waals surface area contributed by atoms with Crippen LogP contribution in [0.5, 0.6) is 0 Å². The van der Waals surface area contributed by atoms with Crippen LogP contribution >= 0.6 is 0 Å². The van der Waals surface area contributed by atoms with Crippen molar-refractivity contribution in [1.82, 2.24) is 62.2 Å². The Kier molecular flexibility index (Phi) is 30.6. The summed E-state index contributed by atoms with van der Waals surface area (Å²) < 4.78 is 15.6. The van der Waals surface area contributed by atoms with Gasteiger partial charge in [0, 0.05) is 66.8 Å². The minimum Gasteiger partial charge on any atom is -0.448 e. The number of aromatic nitrogens is 1. The van der Waals surface area contributed by atoms with E-state index >= 15 is 0 Å². The summed E-state index contributed by atoms with van der Waals surface area (Å²) in [5, 5.41) is 22.3. The molecule has 25 heteroatoms. The normalized spacial score (nSPS) is 16.5. The molecule has 10 amide bonds. The lowest BCUT2D eigenvalue weighted by atomic mass is 9.85. The van der Waals surface area contributed by atoms with E-state index in [4.69, 9.17) is 13.9 Å². The molecule has 0 aromatic carbocycles. The van der Waals surface area contributed by atoms with Gasteiger partial charge in [-0.25, -0.2) is 4.98 Å². The number of ether oxygens (including phenoxy) is 2. The molecule has 25 nitrogen and oxygen atoms in total. The Morgan fingerprint density at radius 1 is 0.651 bits per heavy atom. The van der Waals surface area contributed by atoms with Crippen LogP contribution in [0.25, 0.3) is 0 Å². The van der Waals surface area contributed by atoms with Gasteiger partial charge in [0.15, 0.2) is 11.6 Å². The summed E-state index contributed by atoms with van der Waals surface area (Å²) in [4.78, 5) is 148. The molecule has 1 aliphatic carbocycles. The molecule has 1 aromatic rings. The fourth-order valence-electron chi connectivity index (χ4n) is 10.7. The average Bonchev–Trinajstić information content (AvgIpc) is 2.38. The molecule has 1 aromatic heterocycles. The summed E-state index contributed by atoms with van der Waals surface area (Å²) in [5.41, 5.74) is -4.64. The van der Waals surface area contributed by atoms with E-state index in [0.29, 0.717) is 89.8 Å². The van der Waals surface area contributed by atoms with Crippen molar-refractivity contribution < 1.29 is 61.8 Å². The Bertz CT molecular complexity index is 2380. The zero-order valence-corrected chi connectivity index (χ0v) is 54.3. The van der Waals surface area contributed by atoms with Gasteiger partial charge in [-0.3, -0.25) is 52.8 Å². The molecule has 5 atom stereocenters. The van der Waals surface area contributed by atoms with Crippen molar-refractivity contribution in [1.29, 1.82) is 0 Å². The minimum atomic E-state index is -1.66. The zero-order chi connectivity index (χ0) is 64.5. The SMILES string of the molecule is COCCN(CCNC(=O)CCNC(=O)C(C)(C)NC(=O)C(C)(C)NC(=O)[C@H](CC(C)C)NC(=O)[C@H](CC(C)C)NC(=O)C(C)(C)NC(=O)[C@H](CC(C)C)NC(=O)[C@H](CCC1CCCCC1)N(C=O)[C@@H]1CCCN1C(=O)c1coc(C)n1)CCOC. The van der Waals surface area contributed by atoms with Crippen molar-refractivity contribution in [3.8, 4) is 0 Å². The number of carbonyl (C=O) groups excluding carboxylic acids is 10. The Morgan fingerprint density at radius 2 is 1.17 bits per heavy atom. The molecule has 3 rings (SSSR count). The molecule has 0 spiro atoms. The second-order valence-corrected chi connectivity index (χ2v) is 26.1. The summed E-state index contributed by atoms with van der Waals surface area (Å²) in [7, 11) is 3.24. The van der Waals surface area contributed by atoms with E-state index in [1.165, 1.54) is 57.6 Å². The van der Waals surface area contributed by atoms with Crippen molar-refractivity contribution in [2.45, 2.75) is 220 Å². The van der Waals surface area contributed by atoms with Crippen molar-refractivity contribution in [2.24, 2.45) is 23.7 Å². The predicted molar refractivity (Wildman–Crippen MR) is 324 cm³/mol. The average molecular weight is 1220 g/mol. The van der Waals surface area contributed by atoms with Gasteiger partial charge < -0.3 is 66.2 Å². The lowest BCUT2D eigenvalue weighted by Gasteiger charge is -2.38. The number of methoxy groups -OCH3 is 2. The van der Waals surface area contributed by atoms with Crippen molar-refractivity contribution in [3.05, 3.63) is 17.8 Å². The minimum absolute atomic E-state index is 0.00244. The van der Waals surface area contributed by atoms with Crippen molar-refractivity contribution >= 4 is 59.6 Å². The first kappa shape index (κ1) is 74.0. The van der Waals surface area contributed by atoms with Gasteiger partial charge >= 0.3 is 0 Å². The first-order valence-corrected chi connectivity index (χ1v) is 30.9. The van der Waals surface area contributed by atoms with E-state index in [9.17, 15) is 47.9 Å². The third-order valence-electron chi connectivity index (χ3n) is 15.6. The van der Waals surface area contributed by atoms with E-state index in [-0.39, 0.29) is 61.6 Å². The Balaban J connectivity index is 1.72. The summed E-state index contributed by atoms with van der Waals surface area (Å²) >= 11 is 0. The maximum Gasteiger partial charge on any atom is 0.277 e. The largest absolute Gasteiger partial charge is 0.448 e. The Hall–Kier alpha value is -6.21. The maximum absolute atomic E-state index is 14.7. The number of amides is 10. The van der Waals surface area contributed by atoms with Crippen LogP contribution in [0.4, 0.5) is 0 Å². The van der Waals surface area contributed by atoms with E-state index in [0.717, 1.165) is 32.1 Å². The molecule has 2 heterocycles. The molecule has 1 saturated carbocycles. The van der Waals surface area contributed by atoms with E-state index in [1.807, 2.05) is 41.5 Å². The van der Waals surface area contributed by atoms with Crippen LogP contribution in [-0.2, 0) is 52.6 Å². The summed E-state index contributed by atoms with van der Waals surface area (Å²) in [5.74, 6) is -5.00. The number of hydrogen-bond acceptors (Lipinski definition) is 15. The number of hydrogen-bond donors (Lipinski definition) is 8. The van der Waals surface area contributed by atoms with Crippen molar-refractivity contribution in [3.63, 3.8) is 0 Å². The molecular formula is C61H106N12O13. The molecule has 86 heavy (non-hydrogen) atoms. The number of aryl methyl sites for hydroxylation is 1. The van der Waals surface area contributed by atoms with Crippen LogP contribution in [0.3, 0.4) is 0 Å². The third-order valence-corrected chi connectivity index (χ3v) is 15.6. The number of nitrogens with zero attached hydrogens (tertiary/aromatic N) is 4. The summed E-state index contributed by atoms with van der Waals surface area (Å²) in [6, 6.07) is -4.56. The Labute approximate surface area is 510 Å². The van der Waals surface area contributed by atoms with Gasteiger partial charge in [0.05, 0.1) is 13.2 Å². The van der Waals surface area contributed by atoms with Gasteiger partial charge in [-0.15, -0.1) is 0 Å². The lowest BCUT2D eigenvalue weighted by Crippen LogP contribution is -2.65. The number of oxazole rings is 1. The highest BCUT2D eigenvalue weighted by molar-refractivity contribution is 6.00. The first-order chi connectivity index (χ1) is 40.3. The van der Waals surface area contributed by atoms with Crippen LogP contribution in [0, 0.1) is 30.6 Å². The Morgan fingerprint density at radius 3 is 1.69 bits per heavy atom. The van der Waals surface area contributed by atoms with Gasteiger partial charge in [0.2, 0.25) is 53.7 Å². The summed E-state index contributed by atoms with van der Waals surface area (Å²) in [6.45, 7) is 25.4. The smallest absolute Gasteiger partial charge is 0.277 e. The zero-order valence-electron chi connectivity index (χ0n) is 54.3. The monoisotopic (exact) mass is 1210 g/mol. The molecular weight excluding hydrogens is 1110 g/mol. The van der Waals surface area contributed by atoms with Crippen LogP contribution < -0.4 is 42.5 Å². The van der Waals surface area contributed by atoms with Crippen LogP contribution in [-0.4, -0.2) is 193 Å². The van der Waals surface area contributed by atoms with Gasteiger partial charge in [0.25, 0.3) is 5.91 Å². The van der Waals surface area contributed by atoms with Gasteiger partial charge in [-0.2, -0.15) is 0 Å². The predicted octanol–water partition coefficient (Wildman–Crippen LogP) is 3.23.